The molecule has 1 atom stereocenters. The van der Waals surface area contributed by atoms with E-state index in [1.165, 1.54) is 16.2 Å². The lowest BCUT2D eigenvalue weighted by atomic mass is 10.1. The highest BCUT2D eigenvalue weighted by atomic mass is 32.1. The largest absolute Gasteiger partial charge is 0.481 e. The first-order valence-corrected chi connectivity index (χ1v) is 7.72. The van der Waals surface area contributed by atoms with Gasteiger partial charge >= 0.3 is 5.97 Å². The van der Waals surface area contributed by atoms with Crippen molar-refractivity contribution < 1.29 is 19.1 Å². The van der Waals surface area contributed by atoms with Gasteiger partial charge in [0.15, 0.2) is 10.8 Å². The molecule has 0 fully saturated rings. The fourth-order valence-corrected chi connectivity index (χ4v) is 2.71. The smallest absolute Gasteiger partial charge is 0.308 e. The third kappa shape index (κ3) is 3.94. The van der Waals surface area contributed by atoms with Crippen molar-refractivity contribution in [3.63, 3.8) is 0 Å². The summed E-state index contributed by atoms with van der Waals surface area (Å²) in [5.41, 5.74) is 0.661. The summed E-state index contributed by atoms with van der Waals surface area (Å²) < 4.78 is 5.50. The van der Waals surface area contributed by atoms with E-state index in [1.807, 2.05) is 24.4 Å². The number of amides is 1. The SMILES string of the molecule is Cc1ccc(-c2nc(CC(=O)N(C)CC(C)C(=O)O)cs2)o1. The fraction of sp³-hybridized carbons (Fsp3) is 0.400. The standard InChI is InChI=1S/C15H18N2O4S/c1-9(15(19)20)7-17(3)13(18)6-11-8-22-14(16-11)12-5-4-10(2)21-12/h4-5,8-9H,6-7H2,1-3H3,(H,19,20). The number of furan rings is 1. The van der Waals surface area contributed by atoms with Gasteiger partial charge in [-0.2, -0.15) is 0 Å². The van der Waals surface area contributed by atoms with E-state index in [2.05, 4.69) is 4.98 Å². The predicted octanol–water partition coefficient (Wildman–Crippen LogP) is 2.43. The van der Waals surface area contributed by atoms with E-state index in [4.69, 9.17) is 9.52 Å². The van der Waals surface area contributed by atoms with Crippen molar-refractivity contribution in [1.82, 2.24) is 9.88 Å². The molecule has 0 aliphatic rings. The number of carboxylic acids is 1. The quantitative estimate of drug-likeness (QED) is 0.883. The van der Waals surface area contributed by atoms with E-state index < -0.39 is 11.9 Å². The Labute approximate surface area is 132 Å². The molecule has 0 spiro atoms. The summed E-state index contributed by atoms with van der Waals surface area (Å²) in [7, 11) is 1.60. The molecule has 0 aliphatic carbocycles. The Hall–Kier alpha value is -2.15. The maximum Gasteiger partial charge on any atom is 0.308 e. The molecular weight excluding hydrogens is 304 g/mol. The molecule has 6 nitrogen and oxygen atoms in total. The van der Waals surface area contributed by atoms with Crippen LogP contribution in [0.2, 0.25) is 0 Å². The number of nitrogens with zero attached hydrogens (tertiary/aromatic N) is 2. The van der Waals surface area contributed by atoms with E-state index >= 15 is 0 Å². The number of hydrogen-bond acceptors (Lipinski definition) is 5. The summed E-state index contributed by atoms with van der Waals surface area (Å²) in [6.07, 6.45) is 0.152. The van der Waals surface area contributed by atoms with Crippen LogP contribution in [0.1, 0.15) is 18.4 Å². The second kappa shape index (κ2) is 6.74. The Balaban J connectivity index is 1.97. The normalized spacial score (nSPS) is 12.1. The van der Waals surface area contributed by atoms with Gasteiger partial charge in [-0.3, -0.25) is 9.59 Å². The molecule has 2 aromatic heterocycles. The van der Waals surface area contributed by atoms with Crippen LogP contribution in [-0.2, 0) is 16.0 Å². The van der Waals surface area contributed by atoms with Gasteiger partial charge in [0.25, 0.3) is 0 Å². The van der Waals surface area contributed by atoms with Gasteiger partial charge in [-0.25, -0.2) is 4.98 Å². The molecule has 1 N–H and O–H groups in total. The summed E-state index contributed by atoms with van der Waals surface area (Å²) in [6.45, 7) is 3.62. The molecule has 0 saturated carbocycles. The average molecular weight is 322 g/mol. The molecule has 7 heteroatoms. The summed E-state index contributed by atoms with van der Waals surface area (Å²) in [6, 6.07) is 3.71. The van der Waals surface area contributed by atoms with Gasteiger partial charge in [0.05, 0.1) is 18.0 Å². The molecule has 22 heavy (non-hydrogen) atoms. The predicted molar refractivity (Wildman–Crippen MR) is 82.7 cm³/mol. The number of rotatable bonds is 6. The van der Waals surface area contributed by atoms with Crippen LogP contribution >= 0.6 is 11.3 Å². The van der Waals surface area contributed by atoms with E-state index in [1.54, 1.807) is 14.0 Å². The number of likely N-dealkylation sites (N-methyl/N-ethyl adjacent to an activating group) is 1. The third-order valence-corrected chi connectivity index (χ3v) is 4.14. The minimum Gasteiger partial charge on any atom is -0.481 e. The van der Waals surface area contributed by atoms with Gasteiger partial charge in [-0.05, 0) is 19.1 Å². The van der Waals surface area contributed by atoms with Crippen LogP contribution in [0.3, 0.4) is 0 Å². The number of aryl methyl sites for hydroxylation is 1. The number of aliphatic carboxylic acids is 1. The Kier molecular flexibility index (Phi) is 4.97. The second-order valence-electron chi connectivity index (χ2n) is 5.24. The first-order valence-electron chi connectivity index (χ1n) is 6.84. The summed E-state index contributed by atoms with van der Waals surface area (Å²) in [5.74, 6) is -0.158. The fourth-order valence-electron chi connectivity index (χ4n) is 1.93. The third-order valence-electron chi connectivity index (χ3n) is 3.23. The Morgan fingerprint density at radius 1 is 1.45 bits per heavy atom. The number of carboxylic acid groups (broad SMARTS) is 1. The van der Waals surface area contributed by atoms with Gasteiger partial charge in [0.1, 0.15) is 5.76 Å². The number of aromatic nitrogens is 1. The number of hydrogen-bond donors (Lipinski definition) is 1. The van der Waals surface area contributed by atoms with Crippen LogP contribution in [0.15, 0.2) is 21.9 Å². The molecule has 0 bridgehead atoms. The molecule has 0 aliphatic heterocycles. The Morgan fingerprint density at radius 2 is 2.18 bits per heavy atom. The van der Waals surface area contributed by atoms with E-state index in [0.29, 0.717) is 11.5 Å². The first kappa shape index (κ1) is 16.2. The number of carbonyl (C=O) groups excluding carboxylic acids is 1. The maximum absolute atomic E-state index is 12.1. The molecule has 0 aromatic carbocycles. The highest BCUT2D eigenvalue weighted by Gasteiger charge is 2.18. The van der Waals surface area contributed by atoms with Gasteiger partial charge in [-0.1, -0.05) is 6.92 Å². The van der Waals surface area contributed by atoms with E-state index in [0.717, 1.165) is 10.8 Å². The van der Waals surface area contributed by atoms with Crippen molar-refractivity contribution >= 4 is 23.2 Å². The van der Waals surface area contributed by atoms with Crippen molar-refractivity contribution in [3.05, 3.63) is 29.0 Å². The van der Waals surface area contributed by atoms with E-state index in [9.17, 15) is 9.59 Å². The Bertz CT molecular complexity index is 677. The van der Waals surface area contributed by atoms with Crippen molar-refractivity contribution in [2.45, 2.75) is 20.3 Å². The lowest BCUT2D eigenvalue weighted by molar-refractivity contribution is -0.142. The molecule has 2 rings (SSSR count). The molecular formula is C15H18N2O4S. The maximum atomic E-state index is 12.1. The molecule has 2 aromatic rings. The van der Waals surface area contributed by atoms with Crippen LogP contribution in [-0.4, -0.2) is 40.5 Å². The number of carbonyl (C=O) groups is 2. The van der Waals surface area contributed by atoms with Crippen LogP contribution in [0, 0.1) is 12.8 Å². The summed E-state index contributed by atoms with van der Waals surface area (Å²) in [5, 5.41) is 11.4. The highest BCUT2D eigenvalue weighted by molar-refractivity contribution is 7.13. The lowest BCUT2D eigenvalue weighted by Crippen LogP contribution is -2.34. The van der Waals surface area contributed by atoms with Crippen molar-refractivity contribution in [3.8, 4) is 10.8 Å². The van der Waals surface area contributed by atoms with Gasteiger partial charge in [-0.15, -0.1) is 11.3 Å². The van der Waals surface area contributed by atoms with Crippen LogP contribution < -0.4 is 0 Å². The monoisotopic (exact) mass is 322 g/mol. The molecule has 0 radical (unpaired) electrons. The van der Waals surface area contributed by atoms with Crippen LogP contribution in [0.5, 0.6) is 0 Å². The number of thiazole rings is 1. The molecule has 2 heterocycles. The van der Waals surface area contributed by atoms with Crippen LogP contribution in [0.25, 0.3) is 10.8 Å². The highest BCUT2D eigenvalue weighted by Crippen LogP contribution is 2.25. The lowest BCUT2D eigenvalue weighted by Gasteiger charge is -2.18. The topological polar surface area (TPSA) is 83.6 Å². The second-order valence-corrected chi connectivity index (χ2v) is 6.10. The van der Waals surface area contributed by atoms with Gasteiger partial charge < -0.3 is 14.4 Å². The van der Waals surface area contributed by atoms with Crippen molar-refractivity contribution in [2.75, 3.05) is 13.6 Å². The van der Waals surface area contributed by atoms with E-state index in [-0.39, 0.29) is 18.9 Å². The first-order chi connectivity index (χ1) is 10.4. The molecule has 0 saturated heterocycles. The zero-order valence-electron chi connectivity index (χ0n) is 12.7. The summed E-state index contributed by atoms with van der Waals surface area (Å²) >= 11 is 1.42. The minimum absolute atomic E-state index is 0.152. The summed E-state index contributed by atoms with van der Waals surface area (Å²) in [4.78, 5) is 28.7. The minimum atomic E-state index is -0.913. The van der Waals surface area contributed by atoms with Crippen LogP contribution in [0.4, 0.5) is 0 Å². The zero-order valence-corrected chi connectivity index (χ0v) is 13.5. The van der Waals surface area contributed by atoms with Crippen molar-refractivity contribution in [2.24, 2.45) is 5.92 Å². The molecule has 118 valence electrons. The average Bonchev–Trinajstić information content (AvgIpc) is 3.07. The van der Waals surface area contributed by atoms with Gasteiger partial charge in [0, 0.05) is 19.0 Å². The Morgan fingerprint density at radius 3 is 2.77 bits per heavy atom. The molecule has 1 amide bonds. The van der Waals surface area contributed by atoms with Crippen molar-refractivity contribution in [1.29, 1.82) is 0 Å². The zero-order chi connectivity index (χ0) is 16.3. The van der Waals surface area contributed by atoms with Gasteiger partial charge in [0.2, 0.25) is 5.91 Å². The molecule has 1 unspecified atom stereocenters.